The molecule has 0 amide bonds. The molecule has 10 rings (SSSR count). The van der Waals surface area contributed by atoms with E-state index in [0.29, 0.717) is 0 Å². The van der Waals surface area contributed by atoms with Gasteiger partial charge in [0.2, 0.25) is 0 Å². The molecule has 1 aromatic heterocycles. The van der Waals surface area contributed by atoms with Gasteiger partial charge >= 0.3 is 0 Å². The van der Waals surface area contributed by atoms with Crippen LogP contribution in [0.2, 0.25) is 0 Å². The number of benzene rings is 9. The van der Waals surface area contributed by atoms with Gasteiger partial charge in [0.05, 0.1) is 11.0 Å². The minimum absolute atomic E-state index is 0.136. The van der Waals surface area contributed by atoms with Crippen LogP contribution >= 0.6 is 0 Å². The highest BCUT2D eigenvalue weighted by Crippen LogP contribution is 2.38. The average Bonchev–Trinajstić information content (AvgIpc) is 3.59. The van der Waals surface area contributed by atoms with Gasteiger partial charge < -0.3 is 4.57 Å². The largest absolute Gasteiger partial charge is 0.309 e. The minimum atomic E-state index is 0.136. The van der Waals surface area contributed by atoms with Crippen LogP contribution in [0.1, 0.15) is 22.6 Å². The summed E-state index contributed by atoms with van der Waals surface area (Å²) in [7, 11) is 0. The molecule has 1 heterocycles. The molecule has 1 atom stereocenters. The molecule has 1 unspecified atom stereocenters. The molecule has 1 nitrogen and oxygen atoms in total. The van der Waals surface area contributed by atoms with Gasteiger partial charge in [-0.3, -0.25) is 0 Å². The monoisotopic (exact) mass is 687 g/mol. The van der Waals surface area contributed by atoms with Crippen molar-refractivity contribution >= 4 is 32.6 Å². The third kappa shape index (κ3) is 5.68. The smallest absolute Gasteiger partial charge is 0.0541 e. The van der Waals surface area contributed by atoms with E-state index in [1.54, 1.807) is 0 Å². The van der Waals surface area contributed by atoms with Gasteiger partial charge in [-0.25, -0.2) is 0 Å². The molecule has 0 saturated heterocycles. The second-order valence-corrected chi connectivity index (χ2v) is 14.1. The van der Waals surface area contributed by atoms with Crippen molar-refractivity contribution in [1.29, 1.82) is 0 Å². The first-order valence-corrected chi connectivity index (χ1v) is 18.7. The molecule has 254 valence electrons. The Labute approximate surface area is 316 Å². The molecular weight excluding hydrogens is 651 g/mol. The van der Waals surface area contributed by atoms with Crippen LogP contribution in [0.25, 0.3) is 71.6 Å². The Hall–Kier alpha value is -6.96. The fourth-order valence-corrected chi connectivity index (χ4v) is 8.33. The van der Waals surface area contributed by atoms with Crippen molar-refractivity contribution in [1.82, 2.24) is 4.57 Å². The third-order valence-electron chi connectivity index (χ3n) is 10.9. The summed E-state index contributed by atoms with van der Waals surface area (Å²) in [6.45, 7) is 0. The van der Waals surface area contributed by atoms with E-state index in [1.165, 1.54) is 88.3 Å². The Morgan fingerprint density at radius 1 is 0.296 bits per heavy atom. The number of nitrogens with zero attached hydrogens (tertiary/aromatic N) is 1. The van der Waals surface area contributed by atoms with Crippen LogP contribution in [-0.4, -0.2) is 4.57 Å². The first-order valence-electron chi connectivity index (χ1n) is 18.7. The Balaban J connectivity index is 0.953. The normalized spacial score (nSPS) is 12.0. The van der Waals surface area contributed by atoms with E-state index in [2.05, 4.69) is 223 Å². The van der Waals surface area contributed by atoms with Crippen molar-refractivity contribution in [3.63, 3.8) is 0 Å². The van der Waals surface area contributed by atoms with Crippen LogP contribution < -0.4 is 0 Å². The molecule has 0 aliphatic heterocycles. The van der Waals surface area contributed by atoms with Crippen molar-refractivity contribution in [2.45, 2.75) is 5.92 Å². The molecule has 0 radical (unpaired) electrons. The molecule has 54 heavy (non-hydrogen) atoms. The van der Waals surface area contributed by atoms with Gasteiger partial charge in [-0.1, -0.05) is 182 Å². The summed E-state index contributed by atoms with van der Waals surface area (Å²) in [4.78, 5) is 0. The van der Waals surface area contributed by atoms with Gasteiger partial charge in [-0.05, 0) is 97.2 Å². The number of hydrogen-bond donors (Lipinski definition) is 0. The number of para-hydroxylation sites is 2. The summed E-state index contributed by atoms with van der Waals surface area (Å²) in [5.41, 5.74) is 14.8. The summed E-state index contributed by atoms with van der Waals surface area (Å²) in [6, 6.07) is 79.6. The van der Waals surface area contributed by atoms with Gasteiger partial charge in [0, 0.05) is 22.4 Å². The lowest BCUT2D eigenvalue weighted by molar-refractivity contribution is 0.989. The predicted molar refractivity (Wildman–Crippen MR) is 228 cm³/mol. The summed E-state index contributed by atoms with van der Waals surface area (Å²) in [6.07, 6.45) is 0. The summed E-state index contributed by atoms with van der Waals surface area (Å²) in [5, 5.41) is 5.12. The van der Waals surface area contributed by atoms with Gasteiger partial charge in [-0.2, -0.15) is 0 Å². The number of rotatable bonds is 7. The Kier molecular flexibility index (Phi) is 7.96. The molecule has 1 heteroatoms. The van der Waals surface area contributed by atoms with Crippen molar-refractivity contribution < 1.29 is 0 Å². The van der Waals surface area contributed by atoms with E-state index in [9.17, 15) is 0 Å². The average molecular weight is 688 g/mol. The van der Waals surface area contributed by atoms with Gasteiger partial charge in [0.15, 0.2) is 0 Å². The molecule has 0 fully saturated rings. The molecule has 0 bridgehead atoms. The fraction of sp³-hybridized carbons (Fsp3) is 0.0189. The fourth-order valence-electron chi connectivity index (χ4n) is 8.33. The van der Waals surface area contributed by atoms with Crippen LogP contribution in [0.15, 0.2) is 218 Å². The second-order valence-electron chi connectivity index (χ2n) is 14.1. The molecule has 0 aliphatic carbocycles. The molecule has 0 N–H and O–H groups in total. The van der Waals surface area contributed by atoms with Crippen molar-refractivity contribution in [2.75, 3.05) is 0 Å². The van der Waals surface area contributed by atoms with Crippen molar-refractivity contribution in [3.8, 4) is 39.1 Å². The van der Waals surface area contributed by atoms with Gasteiger partial charge in [0.25, 0.3) is 0 Å². The SMILES string of the molecule is c1ccc(C(c2ccc(-c3cccc(-c4cccc(-c5ccc(-n6c7ccccc7c7ccccc76)cc5)c4)c3)cc2)c2cccc3ccccc23)cc1. The first-order chi connectivity index (χ1) is 26.8. The molecule has 0 saturated carbocycles. The van der Waals surface area contributed by atoms with Crippen molar-refractivity contribution in [3.05, 3.63) is 235 Å². The number of hydrogen-bond acceptors (Lipinski definition) is 0. The van der Waals surface area contributed by atoms with E-state index in [0.717, 1.165) is 0 Å². The number of fused-ring (bicyclic) bond motifs is 4. The molecule has 0 spiro atoms. The summed E-state index contributed by atoms with van der Waals surface area (Å²) < 4.78 is 2.37. The van der Waals surface area contributed by atoms with Crippen LogP contribution in [0, 0.1) is 0 Å². The zero-order valence-corrected chi connectivity index (χ0v) is 29.8. The highest BCUT2D eigenvalue weighted by atomic mass is 15.0. The predicted octanol–water partition coefficient (Wildman–Crippen LogP) is 14.1. The third-order valence-corrected chi connectivity index (χ3v) is 10.9. The van der Waals surface area contributed by atoms with Crippen LogP contribution in [0.3, 0.4) is 0 Å². The summed E-state index contributed by atoms with van der Waals surface area (Å²) in [5.74, 6) is 0.136. The van der Waals surface area contributed by atoms with E-state index in [-0.39, 0.29) is 5.92 Å². The topological polar surface area (TPSA) is 4.93 Å². The standard InChI is InChI=1S/C53H37N/c1-2-14-40(15-3-1)53(50-24-12-16-39-13-4-5-21-47(39)50)41-29-27-37(28-30-41)42-17-10-19-44(35-42)45-20-11-18-43(36-45)38-31-33-46(34-32-38)54-51-25-8-6-22-48(51)49-23-7-9-26-52(49)54/h1-36,53H. The Morgan fingerprint density at radius 3 is 1.35 bits per heavy atom. The lowest BCUT2D eigenvalue weighted by Crippen LogP contribution is -2.04. The molecule has 9 aromatic carbocycles. The highest BCUT2D eigenvalue weighted by Gasteiger charge is 2.19. The summed E-state index contributed by atoms with van der Waals surface area (Å²) >= 11 is 0. The molecular formula is C53H37N. The number of aromatic nitrogens is 1. The maximum absolute atomic E-state index is 2.37. The first kappa shape index (κ1) is 31.7. The zero-order chi connectivity index (χ0) is 35.8. The molecule has 10 aromatic rings. The zero-order valence-electron chi connectivity index (χ0n) is 29.8. The maximum Gasteiger partial charge on any atom is 0.0541 e. The second kappa shape index (κ2) is 13.5. The highest BCUT2D eigenvalue weighted by molar-refractivity contribution is 6.09. The van der Waals surface area contributed by atoms with Gasteiger partial charge in [0.1, 0.15) is 0 Å². The van der Waals surface area contributed by atoms with E-state index in [1.807, 2.05) is 0 Å². The minimum Gasteiger partial charge on any atom is -0.309 e. The maximum atomic E-state index is 2.37. The molecule has 0 aliphatic rings. The van der Waals surface area contributed by atoms with E-state index in [4.69, 9.17) is 0 Å². The quantitative estimate of drug-likeness (QED) is 0.147. The van der Waals surface area contributed by atoms with Crippen LogP contribution in [-0.2, 0) is 0 Å². The Morgan fingerprint density at radius 2 is 0.741 bits per heavy atom. The van der Waals surface area contributed by atoms with Crippen LogP contribution in [0.5, 0.6) is 0 Å². The van der Waals surface area contributed by atoms with Gasteiger partial charge in [-0.15, -0.1) is 0 Å². The van der Waals surface area contributed by atoms with E-state index >= 15 is 0 Å². The van der Waals surface area contributed by atoms with Crippen molar-refractivity contribution in [2.24, 2.45) is 0 Å². The lowest BCUT2D eigenvalue weighted by atomic mass is 9.82. The van der Waals surface area contributed by atoms with Crippen LogP contribution in [0.4, 0.5) is 0 Å². The lowest BCUT2D eigenvalue weighted by Gasteiger charge is -2.21. The van der Waals surface area contributed by atoms with E-state index < -0.39 is 0 Å². The Bertz CT molecular complexity index is 2860.